The van der Waals surface area contributed by atoms with Crippen molar-refractivity contribution in [2.24, 2.45) is 0 Å². The van der Waals surface area contributed by atoms with Crippen molar-refractivity contribution in [2.45, 2.75) is 27.7 Å². The third-order valence-electron chi connectivity index (χ3n) is 4.92. The fourth-order valence-corrected chi connectivity index (χ4v) is 4.18. The van der Waals surface area contributed by atoms with Gasteiger partial charge in [0.1, 0.15) is 5.71 Å². The summed E-state index contributed by atoms with van der Waals surface area (Å²) in [6.07, 6.45) is 3.35. The average molecular weight is 360 g/mol. The van der Waals surface area contributed by atoms with E-state index >= 15 is 8.63 Å². The molecule has 0 atom stereocenters. The van der Waals surface area contributed by atoms with Crippen molar-refractivity contribution in [3.05, 3.63) is 69.4 Å². The van der Waals surface area contributed by atoms with E-state index in [4.69, 9.17) is 11.6 Å². The second-order valence-electron chi connectivity index (χ2n) is 6.70. The summed E-state index contributed by atoms with van der Waals surface area (Å²) in [5, 5.41) is 0.515. The largest absolute Gasteiger partial charge is 0.737 e. The molecule has 2 aliphatic rings. The van der Waals surface area contributed by atoms with Gasteiger partial charge in [-0.3, -0.25) is 4.98 Å². The minimum atomic E-state index is -3.95. The first-order valence-corrected chi connectivity index (χ1v) is 8.50. The van der Waals surface area contributed by atoms with Crippen LogP contribution in [-0.4, -0.2) is 26.6 Å². The number of allylic oxidation sites excluding steroid dienone is 2. The highest BCUT2D eigenvalue weighted by atomic mass is 35.5. The Morgan fingerprint density at radius 3 is 2.52 bits per heavy atom. The summed E-state index contributed by atoms with van der Waals surface area (Å²) < 4.78 is 33.2. The number of fused-ring (bicyclic) bond motifs is 2. The molecule has 0 aliphatic carbocycles. The maximum atomic E-state index is 15.4. The molecule has 0 spiro atoms. The molecule has 25 heavy (non-hydrogen) atoms. The van der Waals surface area contributed by atoms with E-state index < -0.39 is 6.97 Å². The third-order valence-corrected chi connectivity index (χ3v) is 5.14. The first kappa shape index (κ1) is 16.3. The van der Waals surface area contributed by atoms with Crippen LogP contribution in [0.15, 0.2) is 41.7 Å². The monoisotopic (exact) mass is 359 g/mol. The first-order valence-electron chi connectivity index (χ1n) is 8.12. The van der Waals surface area contributed by atoms with E-state index in [0.717, 1.165) is 16.7 Å². The van der Waals surface area contributed by atoms with Crippen LogP contribution < -0.4 is 0 Å². The summed E-state index contributed by atoms with van der Waals surface area (Å²) in [7, 11) is 0. The van der Waals surface area contributed by atoms with Crippen LogP contribution in [0.2, 0.25) is 5.02 Å². The Bertz CT molecular complexity index is 1010. The van der Waals surface area contributed by atoms with Gasteiger partial charge >= 0.3 is 6.97 Å². The minimum absolute atomic E-state index is 0.515. The number of aryl methyl sites for hydroxylation is 2. The molecular formula is C18H17BClF2N3. The molecule has 7 heteroatoms. The second kappa shape index (κ2) is 5.15. The average Bonchev–Trinajstić information content (AvgIpc) is 2.99. The number of pyridine rings is 1. The highest BCUT2D eigenvalue weighted by molar-refractivity contribution is 6.58. The smallest absolute Gasteiger partial charge is 0.393 e. The summed E-state index contributed by atoms with van der Waals surface area (Å²) in [5.74, 6) is 0. The van der Waals surface area contributed by atoms with Crippen molar-refractivity contribution in [2.75, 3.05) is 0 Å². The summed E-state index contributed by atoms with van der Waals surface area (Å²) in [4.78, 5) is 4.41. The van der Waals surface area contributed by atoms with Gasteiger partial charge in [0, 0.05) is 30.5 Å². The second-order valence-corrected chi connectivity index (χ2v) is 7.14. The lowest BCUT2D eigenvalue weighted by Gasteiger charge is -2.33. The summed E-state index contributed by atoms with van der Waals surface area (Å²) in [5.41, 5.74) is 5.14. The SMILES string of the molecule is CC1=CC(C)=[N+]2C1=C(c1ccc(Cl)cn1)c1c(C)cc(C)n1[B-]2(F)F. The summed E-state index contributed by atoms with van der Waals surface area (Å²) in [6.45, 7) is 3.21. The van der Waals surface area contributed by atoms with E-state index in [-0.39, 0.29) is 0 Å². The number of rotatable bonds is 1. The van der Waals surface area contributed by atoms with Crippen molar-refractivity contribution < 1.29 is 13.1 Å². The topological polar surface area (TPSA) is 20.8 Å². The first-order chi connectivity index (χ1) is 11.7. The zero-order valence-electron chi connectivity index (χ0n) is 14.4. The molecule has 0 amide bonds. The standard InChI is InChI=1S/C18H17BClF2N3/c1-10-7-12(3)24-17(10)16(15-6-5-14(20)9-23-15)18-11(2)8-13(4)25(18)19(24,21)22/h5-9H,1-4H3. The van der Waals surface area contributed by atoms with Crippen molar-refractivity contribution >= 4 is 29.9 Å². The molecule has 0 N–H and O–H groups in total. The molecule has 0 fully saturated rings. The van der Waals surface area contributed by atoms with Crippen LogP contribution in [0.1, 0.15) is 36.5 Å². The van der Waals surface area contributed by atoms with Gasteiger partial charge in [0.15, 0.2) is 5.70 Å². The van der Waals surface area contributed by atoms with Crippen LogP contribution in [-0.2, 0) is 0 Å². The predicted molar refractivity (Wildman–Crippen MR) is 97.2 cm³/mol. The summed E-state index contributed by atoms with van der Waals surface area (Å²) >= 11 is 5.97. The molecule has 0 aromatic carbocycles. The van der Waals surface area contributed by atoms with E-state index in [0.29, 0.717) is 33.5 Å². The number of hydrogen-bond donors (Lipinski definition) is 0. The molecule has 2 aromatic heterocycles. The van der Waals surface area contributed by atoms with Crippen LogP contribution in [0.25, 0.3) is 5.57 Å². The van der Waals surface area contributed by atoms with Crippen molar-refractivity contribution in [3.8, 4) is 0 Å². The van der Waals surface area contributed by atoms with Gasteiger partial charge in [-0.05, 0) is 50.2 Å². The predicted octanol–water partition coefficient (Wildman–Crippen LogP) is 4.58. The highest BCUT2D eigenvalue weighted by Gasteiger charge is 2.55. The van der Waals surface area contributed by atoms with E-state index in [1.165, 1.54) is 8.96 Å². The Kier molecular flexibility index (Phi) is 3.35. The molecule has 0 bridgehead atoms. The van der Waals surface area contributed by atoms with Gasteiger partial charge in [0.2, 0.25) is 0 Å². The maximum Gasteiger partial charge on any atom is 0.737 e. The van der Waals surface area contributed by atoms with Gasteiger partial charge in [-0.25, -0.2) is 0 Å². The fourth-order valence-electron chi connectivity index (χ4n) is 4.06. The number of aromatic nitrogens is 2. The minimum Gasteiger partial charge on any atom is -0.393 e. The van der Waals surface area contributed by atoms with Crippen molar-refractivity contribution in [3.63, 3.8) is 0 Å². The molecular weight excluding hydrogens is 342 g/mol. The highest BCUT2D eigenvalue weighted by Crippen LogP contribution is 2.43. The maximum absolute atomic E-state index is 15.4. The lowest BCUT2D eigenvalue weighted by atomic mass is 9.85. The van der Waals surface area contributed by atoms with E-state index in [9.17, 15) is 0 Å². The fraction of sp³-hybridized carbons (Fsp3) is 0.222. The van der Waals surface area contributed by atoms with Crippen LogP contribution in [0, 0.1) is 13.8 Å². The number of hydrogen-bond acceptors (Lipinski definition) is 1. The number of nitrogens with zero attached hydrogens (tertiary/aromatic N) is 3. The Labute approximate surface area is 150 Å². The molecule has 4 rings (SSSR count). The Morgan fingerprint density at radius 2 is 1.88 bits per heavy atom. The van der Waals surface area contributed by atoms with Crippen LogP contribution in [0.4, 0.5) is 8.63 Å². The van der Waals surface area contributed by atoms with Gasteiger partial charge in [-0.1, -0.05) is 11.6 Å². The lowest BCUT2D eigenvalue weighted by molar-refractivity contribution is -0.363. The van der Waals surface area contributed by atoms with Crippen LogP contribution in [0.3, 0.4) is 0 Å². The Morgan fingerprint density at radius 1 is 1.16 bits per heavy atom. The molecule has 2 aromatic rings. The van der Waals surface area contributed by atoms with Gasteiger partial charge in [-0.2, -0.15) is 0 Å². The zero-order chi connectivity index (χ0) is 18.1. The molecule has 0 radical (unpaired) electrons. The van der Waals surface area contributed by atoms with Crippen molar-refractivity contribution in [1.29, 1.82) is 0 Å². The van der Waals surface area contributed by atoms with Gasteiger partial charge in [0.25, 0.3) is 0 Å². The van der Waals surface area contributed by atoms with Crippen LogP contribution >= 0.6 is 11.6 Å². The molecule has 3 nitrogen and oxygen atoms in total. The molecule has 128 valence electrons. The van der Waals surface area contributed by atoms with E-state index in [1.807, 2.05) is 13.8 Å². The third kappa shape index (κ3) is 2.10. The van der Waals surface area contributed by atoms with Crippen LogP contribution in [0.5, 0.6) is 0 Å². The summed E-state index contributed by atoms with van der Waals surface area (Å²) in [6, 6.07) is 5.32. The molecule has 2 aliphatic heterocycles. The molecule has 0 saturated heterocycles. The van der Waals surface area contributed by atoms with E-state index in [1.54, 1.807) is 44.3 Å². The quantitative estimate of drug-likeness (QED) is 0.683. The van der Waals surface area contributed by atoms with Gasteiger partial charge < -0.3 is 17.6 Å². The Hall–Kier alpha value is -2.21. The van der Waals surface area contributed by atoms with Gasteiger partial charge in [-0.15, -0.1) is 0 Å². The lowest BCUT2D eigenvalue weighted by Crippen LogP contribution is -2.51. The molecule has 0 saturated carbocycles. The zero-order valence-corrected chi connectivity index (χ0v) is 15.2. The van der Waals surface area contributed by atoms with E-state index in [2.05, 4.69) is 4.98 Å². The number of halogens is 3. The van der Waals surface area contributed by atoms with Crippen molar-refractivity contribution in [1.82, 2.24) is 9.46 Å². The molecule has 0 unspecified atom stereocenters. The normalized spacial score (nSPS) is 18.4. The molecule has 4 heterocycles. The van der Waals surface area contributed by atoms with Gasteiger partial charge in [0.05, 0.1) is 16.3 Å². The Balaban J connectivity index is 2.17.